The van der Waals surface area contributed by atoms with Crippen molar-refractivity contribution in [3.05, 3.63) is 90.3 Å². The van der Waals surface area contributed by atoms with Crippen molar-refractivity contribution in [1.29, 1.82) is 16.2 Å². The van der Waals surface area contributed by atoms with Gasteiger partial charge in [-0.25, -0.2) is 9.78 Å². The first kappa shape index (κ1) is 86.8. The maximum absolute atomic E-state index is 15.1. The molecule has 3 heterocycles. The SMILES string of the molecule is CC(C)[C@H](NC(=O)[C@H](Cc1c[nH]cn1)NC(=O)[C@@H](NC(=O)[C@@H](NC(=O)[C@@H](N)Cc1c[nH]c2ccccc12)C(C)C)C(C)C)C(=O)N[C@H](C(=O)N[C@@H](Cc1c[nH]c2ccccc12)C(=O)N[C@@H](CCCNC(=N)N)C(=O)N[C@@H](CCCNC(=N)N)C(=O)N[C@@H](CCCNC(=N)N)C(=O)N[C@@H](CC(N)=O)C(=O)O)C(C)C. The van der Waals surface area contributed by atoms with Crippen LogP contribution in [-0.2, 0) is 76.8 Å². The number of carboxylic acid groups (broad SMARTS) is 1. The van der Waals surface area contributed by atoms with Crippen molar-refractivity contribution >= 4 is 111 Å². The van der Waals surface area contributed by atoms with Crippen molar-refractivity contribution in [1.82, 2.24) is 89.1 Å². The van der Waals surface area contributed by atoms with Gasteiger partial charge >= 0.3 is 5.97 Å². The third-order valence-electron chi connectivity index (χ3n) is 17.6. The Balaban J connectivity index is 1.41. The van der Waals surface area contributed by atoms with Crippen LogP contribution in [0.4, 0.5) is 0 Å². The molecule has 0 saturated heterocycles. The van der Waals surface area contributed by atoms with Crippen LogP contribution in [0, 0.1) is 39.9 Å². The number of benzene rings is 2. The number of fused-ring (bicyclic) bond motifs is 2. The Kier molecular flexibility index (Phi) is 34.0. The van der Waals surface area contributed by atoms with Crippen molar-refractivity contribution < 1.29 is 62.6 Å². The molecule has 38 heteroatoms. The number of hydrogen-bond acceptors (Lipinski definition) is 17. The Labute approximate surface area is 624 Å². The van der Waals surface area contributed by atoms with E-state index in [0.29, 0.717) is 22.2 Å². The maximum Gasteiger partial charge on any atom is 0.326 e. The predicted octanol–water partition coefficient (Wildman–Crippen LogP) is -3.05. The van der Waals surface area contributed by atoms with E-state index in [1.165, 1.54) is 12.5 Å². The number of amides is 11. The summed E-state index contributed by atoms with van der Waals surface area (Å²) in [5, 5.41) is 68.7. The lowest BCUT2D eigenvalue weighted by Gasteiger charge is -2.31. The summed E-state index contributed by atoms with van der Waals surface area (Å²) in [6.45, 7) is 13.3. The van der Waals surface area contributed by atoms with Crippen LogP contribution in [-0.4, -0.2) is 200 Å². The number of carbonyl (C=O) groups is 12. The minimum atomic E-state index is -1.81. The first-order valence-electron chi connectivity index (χ1n) is 35.7. The van der Waals surface area contributed by atoms with E-state index in [2.05, 4.69) is 89.1 Å². The predicted molar refractivity (Wildman–Crippen MR) is 402 cm³/mol. The highest BCUT2D eigenvalue weighted by Crippen LogP contribution is 2.22. The summed E-state index contributed by atoms with van der Waals surface area (Å²) in [6.07, 6.45) is 4.73. The van der Waals surface area contributed by atoms with E-state index in [1.807, 2.05) is 24.3 Å². The molecule has 0 radical (unpaired) electrons. The van der Waals surface area contributed by atoms with Crippen molar-refractivity contribution in [2.24, 2.45) is 52.3 Å². The van der Waals surface area contributed by atoms with E-state index in [-0.39, 0.29) is 77.4 Å². The lowest BCUT2D eigenvalue weighted by atomic mass is 9.97. The molecule has 0 aliphatic carbocycles. The zero-order valence-electron chi connectivity index (χ0n) is 62.0. The Bertz CT molecular complexity index is 3950. The van der Waals surface area contributed by atoms with Gasteiger partial charge in [0.05, 0.1) is 24.5 Å². The van der Waals surface area contributed by atoms with Crippen LogP contribution in [0.5, 0.6) is 0 Å². The summed E-state index contributed by atoms with van der Waals surface area (Å²) < 4.78 is 0. The van der Waals surface area contributed by atoms with Gasteiger partial charge in [-0.15, -0.1) is 0 Å². The normalized spacial score (nSPS) is 14.4. The number of primary amides is 1. The average molecular weight is 1510 g/mol. The topological polar surface area (TPSA) is 643 Å². The fraction of sp³-hybridized carbons (Fsp3) is 0.514. The number of nitrogens with zero attached hydrogens (tertiary/aromatic N) is 1. The van der Waals surface area contributed by atoms with Crippen LogP contribution in [0.3, 0.4) is 0 Å². The highest BCUT2D eigenvalue weighted by atomic mass is 16.4. The average Bonchev–Trinajstić information content (AvgIpc) is 1.62. The molecule has 0 bridgehead atoms. The molecule has 3 aromatic heterocycles. The van der Waals surface area contributed by atoms with Crippen LogP contribution in [0.15, 0.2) is 73.4 Å². The number of carbonyl (C=O) groups excluding carboxylic acids is 11. The molecule has 11 amide bonds. The number of imidazole rings is 1. The van der Waals surface area contributed by atoms with E-state index in [4.69, 9.17) is 44.9 Å². The number of nitrogens with one attached hydrogen (secondary N) is 19. The zero-order valence-corrected chi connectivity index (χ0v) is 62.0. The summed E-state index contributed by atoms with van der Waals surface area (Å²) in [7, 11) is 0. The Morgan fingerprint density at radius 2 is 0.741 bits per heavy atom. The number of H-pyrrole nitrogens is 3. The van der Waals surface area contributed by atoms with Gasteiger partial charge in [-0.05, 0) is 91.9 Å². The molecule has 0 aliphatic rings. The number of hydrogen-bond donors (Lipinski definition) is 25. The van der Waals surface area contributed by atoms with Crippen LogP contribution >= 0.6 is 0 Å². The van der Waals surface area contributed by atoms with Crippen molar-refractivity contribution in [3.63, 3.8) is 0 Å². The van der Waals surface area contributed by atoms with Crippen molar-refractivity contribution in [2.45, 2.75) is 186 Å². The monoisotopic (exact) mass is 1510 g/mol. The second kappa shape index (κ2) is 42.3. The second-order valence-electron chi connectivity index (χ2n) is 27.7. The summed E-state index contributed by atoms with van der Waals surface area (Å²) in [5.41, 5.74) is 31.4. The second-order valence-corrected chi connectivity index (χ2v) is 27.7. The third kappa shape index (κ3) is 27.6. The van der Waals surface area contributed by atoms with E-state index in [0.717, 1.165) is 16.5 Å². The molecule has 2 aromatic carbocycles. The zero-order chi connectivity index (χ0) is 80.1. The molecule has 5 rings (SSSR count). The molecule has 108 heavy (non-hydrogen) atoms. The lowest BCUT2D eigenvalue weighted by Crippen LogP contribution is -2.62. The smallest absolute Gasteiger partial charge is 0.326 e. The first-order chi connectivity index (χ1) is 51.0. The van der Waals surface area contributed by atoms with E-state index in [1.54, 1.807) is 92.0 Å². The van der Waals surface area contributed by atoms with Crippen molar-refractivity contribution in [2.75, 3.05) is 19.6 Å². The van der Waals surface area contributed by atoms with Gasteiger partial charge in [0, 0.05) is 72.9 Å². The molecule has 0 fully saturated rings. The molecule has 30 N–H and O–H groups in total. The van der Waals surface area contributed by atoms with Gasteiger partial charge in [0.15, 0.2) is 17.9 Å². The number of para-hydroxylation sites is 2. The van der Waals surface area contributed by atoms with E-state index < -0.39 is 185 Å². The Morgan fingerprint density at radius 3 is 1.10 bits per heavy atom. The number of rotatable bonds is 45. The molecular formula is C70H107N25O13. The molecule has 0 saturated carbocycles. The Morgan fingerprint density at radius 1 is 0.417 bits per heavy atom. The highest BCUT2D eigenvalue weighted by molar-refractivity contribution is 6.00. The largest absolute Gasteiger partial charge is 0.480 e. The van der Waals surface area contributed by atoms with Gasteiger partial charge in [-0.2, -0.15) is 0 Å². The Hall–Kier alpha value is -11.9. The molecule has 5 aromatic rings. The molecule has 0 unspecified atom stereocenters. The van der Waals surface area contributed by atoms with Gasteiger partial charge in [0.25, 0.3) is 0 Å². The summed E-state index contributed by atoms with van der Waals surface area (Å²) in [4.78, 5) is 182. The van der Waals surface area contributed by atoms with Crippen LogP contribution < -0.4 is 97.8 Å². The van der Waals surface area contributed by atoms with Gasteiger partial charge in [-0.1, -0.05) is 91.8 Å². The standard InChI is InChI=1S/C70H107N25O13/c1-34(2)53(95-66(106)56(37(7)8)93-62(102)50(28-40-32-79-33-85-40)90-64(104)54(35(3)4)94-65(105)55(36(5)6)92-57(97)43(71)26-38-30-83-44-18-11-9-16-41(38)44)63(103)89-49(27-39-31-84-45-19-12-10-17-42(39)45)61(101)88-47(21-14-24-81-69(75)76)59(99)86-46(20-13-23-80-68(73)74)58(98)87-48(22-15-25-82-70(77)78)60(100)91-51(67(107)108)29-52(72)96/h9-12,16-19,30-37,43,46-51,53-56,83-84H,13-15,20-29,71H2,1-8H3,(H2,72,96)(H,79,85)(H,86,99)(H,87,98)(H,88,101)(H,89,103)(H,90,104)(H,91,100)(H,92,97)(H,93,102)(H,94,105)(H,95,106)(H,107,108)(H4,73,74,80)(H4,75,76,81)(H4,77,78,82)/t43-,46-,47-,48-,49-,50-,51-,53-,54-,55-,56-/m0/s1. The lowest BCUT2D eigenvalue weighted by molar-refractivity contribution is -0.143. The molecule has 0 aliphatic heterocycles. The van der Waals surface area contributed by atoms with Crippen LogP contribution in [0.25, 0.3) is 21.8 Å². The van der Waals surface area contributed by atoms with E-state index in [9.17, 15) is 57.8 Å². The molecule has 590 valence electrons. The summed E-state index contributed by atoms with van der Waals surface area (Å²) in [6, 6.07) is -1.06. The fourth-order valence-corrected chi connectivity index (χ4v) is 11.7. The minimum absolute atomic E-state index is 0.00588. The highest BCUT2D eigenvalue weighted by Gasteiger charge is 2.39. The third-order valence-corrected chi connectivity index (χ3v) is 17.6. The number of carboxylic acids is 1. The minimum Gasteiger partial charge on any atom is -0.480 e. The number of aliphatic carboxylic acids is 1. The van der Waals surface area contributed by atoms with Gasteiger partial charge in [0.2, 0.25) is 65.0 Å². The fourth-order valence-electron chi connectivity index (χ4n) is 11.7. The van der Waals surface area contributed by atoms with E-state index >= 15 is 4.79 Å². The quantitative estimate of drug-likeness (QED) is 0.0105. The number of aromatic nitrogens is 4. The first-order valence-corrected chi connectivity index (χ1v) is 35.7. The number of aromatic amines is 3. The van der Waals surface area contributed by atoms with Gasteiger partial charge in [-0.3, -0.25) is 69.0 Å². The van der Waals surface area contributed by atoms with Crippen LogP contribution in [0.1, 0.15) is 117 Å². The summed E-state index contributed by atoms with van der Waals surface area (Å²) in [5.74, 6) is -15.0. The number of nitrogens with two attached hydrogens (primary N) is 5. The van der Waals surface area contributed by atoms with Crippen LogP contribution in [0.2, 0.25) is 0 Å². The number of guanidine groups is 3. The van der Waals surface area contributed by atoms with Gasteiger partial charge < -0.3 is 118 Å². The molecule has 0 spiro atoms. The summed E-state index contributed by atoms with van der Waals surface area (Å²) >= 11 is 0. The van der Waals surface area contributed by atoms with Gasteiger partial charge in [0.1, 0.15) is 60.4 Å². The molecule has 38 nitrogen and oxygen atoms in total. The molecule has 11 atom stereocenters. The maximum atomic E-state index is 15.1. The van der Waals surface area contributed by atoms with Crippen molar-refractivity contribution in [3.8, 4) is 0 Å². The molecular weight excluding hydrogens is 1400 g/mol.